The van der Waals surface area contributed by atoms with Gasteiger partial charge < -0.3 is 0 Å². The standard InChI is InChI=1S/2C10H9.2FH.Zr/c2*1-8-6-7-9-4-2-3-5-10(8)9;;;/h2*2-7H,1H3;2*1H;. The van der Waals surface area contributed by atoms with Gasteiger partial charge >= 0.3 is 138 Å². The molecule has 0 bridgehead atoms. The fourth-order valence-corrected chi connectivity index (χ4v) is 8.93. The summed E-state index contributed by atoms with van der Waals surface area (Å²) >= 11 is -0.763. The van der Waals surface area contributed by atoms with Gasteiger partial charge in [-0.05, 0) is 0 Å². The van der Waals surface area contributed by atoms with E-state index in [1.54, 1.807) is 0 Å². The Balaban J connectivity index is 0.000000960. The van der Waals surface area contributed by atoms with E-state index in [1.807, 2.05) is 0 Å². The second kappa shape index (κ2) is 6.28. The summed E-state index contributed by atoms with van der Waals surface area (Å²) in [5.74, 6) is 0. The van der Waals surface area contributed by atoms with E-state index in [0.29, 0.717) is 0 Å². The van der Waals surface area contributed by atoms with Crippen LogP contribution < -0.4 is 0 Å². The summed E-state index contributed by atoms with van der Waals surface area (Å²) in [6.07, 6.45) is 9.57. The van der Waals surface area contributed by atoms with Crippen molar-refractivity contribution in [1.82, 2.24) is 0 Å². The van der Waals surface area contributed by atoms with Gasteiger partial charge in [0, 0.05) is 0 Å². The molecular weight excluding hydrogens is 369 g/mol. The van der Waals surface area contributed by atoms with Gasteiger partial charge in [-0.1, -0.05) is 0 Å². The fraction of sp³-hybridized carbons (Fsp3) is 0.200. The third-order valence-corrected chi connectivity index (χ3v) is 9.45. The molecule has 0 N–H and O–H groups in total. The average Bonchev–Trinajstić information content (AvgIpc) is 3.00. The smallest absolute Gasteiger partial charge is 0.269 e. The molecule has 2 aromatic carbocycles. The molecule has 0 saturated carbocycles. The monoisotopic (exact) mass is 388 g/mol. The minimum absolute atomic E-state index is 0. The van der Waals surface area contributed by atoms with Crippen LogP contribution in [0.25, 0.3) is 12.2 Å². The molecule has 2 aliphatic rings. The Bertz CT molecular complexity index is 715. The van der Waals surface area contributed by atoms with Gasteiger partial charge in [-0.2, -0.15) is 0 Å². The summed E-state index contributed by atoms with van der Waals surface area (Å²) < 4.78 is 0.576. The summed E-state index contributed by atoms with van der Waals surface area (Å²) in [7, 11) is 0. The van der Waals surface area contributed by atoms with Gasteiger partial charge in [0.15, 0.2) is 0 Å². The van der Waals surface area contributed by atoms with Crippen molar-refractivity contribution in [2.24, 2.45) is 0 Å². The molecule has 0 spiro atoms. The maximum atomic E-state index is 2.46. The maximum Gasteiger partial charge on any atom is -0.269 e. The van der Waals surface area contributed by atoms with Gasteiger partial charge in [0.2, 0.25) is 0 Å². The van der Waals surface area contributed by atoms with Crippen LogP contribution in [0.3, 0.4) is 0 Å². The Labute approximate surface area is 147 Å². The minimum Gasteiger partial charge on any atom is -0.269 e. The summed E-state index contributed by atoms with van der Waals surface area (Å²) in [5.41, 5.74) is 5.91. The third-order valence-electron chi connectivity index (χ3n) is 4.75. The topological polar surface area (TPSA) is 0 Å². The number of hydrogen-bond acceptors (Lipinski definition) is 0. The molecule has 0 radical (unpaired) electrons. The van der Waals surface area contributed by atoms with Gasteiger partial charge in [-0.25, -0.2) is 0 Å². The van der Waals surface area contributed by atoms with Crippen molar-refractivity contribution in [3.8, 4) is 0 Å². The van der Waals surface area contributed by atoms with E-state index in [9.17, 15) is 0 Å². The Morgan fingerprint density at radius 1 is 0.652 bits per heavy atom. The molecule has 2 aliphatic carbocycles. The van der Waals surface area contributed by atoms with Crippen LogP contribution in [-0.2, 0) is 29.5 Å². The molecule has 0 fully saturated rings. The van der Waals surface area contributed by atoms with Gasteiger partial charge in [0.05, 0.1) is 0 Å². The van der Waals surface area contributed by atoms with Gasteiger partial charge in [0.25, 0.3) is 0 Å². The molecule has 2 atom stereocenters. The molecule has 2 unspecified atom stereocenters. The Morgan fingerprint density at radius 2 is 1.04 bits per heavy atom. The van der Waals surface area contributed by atoms with E-state index in [4.69, 9.17) is 0 Å². The predicted molar refractivity (Wildman–Crippen MR) is 90.7 cm³/mol. The van der Waals surface area contributed by atoms with Crippen LogP contribution in [0.4, 0.5) is 9.41 Å². The number of fused-ring (bicyclic) bond motifs is 2. The van der Waals surface area contributed by atoms with Crippen molar-refractivity contribution >= 4 is 12.2 Å². The maximum absolute atomic E-state index is 2.46. The zero-order valence-electron chi connectivity index (χ0n) is 13.2. The van der Waals surface area contributed by atoms with Crippen molar-refractivity contribution in [1.29, 1.82) is 0 Å². The van der Waals surface area contributed by atoms with Crippen LogP contribution >= 0.6 is 0 Å². The number of halogens is 2. The van der Waals surface area contributed by atoms with E-state index in [1.165, 1.54) is 22.3 Å². The van der Waals surface area contributed by atoms with E-state index in [2.05, 4.69) is 86.7 Å². The van der Waals surface area contributed by atoms with Gasteiger partial charge in [0.1, 0.15) is 0 Å². The second-order valence-electron chi connectivity index (χ2n) is 6.37. The van der Waals surface area contributed by atoms with Crippen molar-refractivity contribution in [3.05, 3.63) is 82.9 Å². The summed E-state index contributed by atoms with van der Waals surface area (Å²) in [6, 6.07) is 17.8. The molecule has 3 heteroatoms. The Kier molecular flexibility index (Phi) is 4.92. The van der Waals surface area contributed by atoms with Crippen LogP contribution in [0, 0.1) is 0 Å². The number of allylic oxidation sites excluding steroid dienone is 2. The van der Waals surface area contributed by atoms with Crippen LogP contribution in [0.5, 0.6) is 0 Å². The first-order valence-corrected chi connectivity index (χ1v) is 9.93. The summed E-state index contributed by atoms with van der Waals surface area (Å²) in [4.78, 5) is 0. The summed E-state index contributed by atoms with van der Waals surface area (Å²) in [6.45, 7) is 4.89. The van der Waals surface area contributed by atoms with E-state index in [-0.39, 0.29) is 15.7 Å². The average molecular weight is 390 g/mol. The third kappa shape index (κ3) is 2.80. The fourth-order valence-electron chi connectivity index (χ4n) is 3.68. The molecule has 0 saturated heterocycles. The second-order valence-corrected chi connectivity index (χ2v) is 12.1. The molecule has 0 aliphatic heterocycles. The predicted octanol–water partition coefficient (Wildman–Crippen LogP) is 5.26. The quantitative estimate of drug-likeness (QED) is 0.657. The first-order chi connectivity index (χ1) is 10.1. The molecule has 0 aromatic heterocycles. The molecule has 0 heterocycles. The van der Waals surface area contributed by atoms with Crippen molar-refractivity contribution in [3.63, 3.8) is 0 Å². The molecule has 23 heavy (non-hydrogen) atoms. The molecule has 0 nitrogen and oxygen atoms in total. The largest absolute Gasteiger partial charge is 0.269 e. The van der Waals surface area contributed by atoms with Crippen molar-refractivity contribution in [2.45, 2.75) is 20.1 Å². The summed E-state index contributed by atoms with van der Waals surface area (Å²) in [5, 5.41) is 0. The normalized spacial score (nSPS) is 26.0. The van der Waals surface area contributed by atoms with Crippen LogP contribution in [0.2, 0.25) is 0 Å². The van der Waals surface area contributed by atoms with E-state index < -0.39 is 23.2 Å². The molecule has 4 rings (SSSR count). The van der Waals surface area contributed by atoms with Gasteiger partial charge in [-0.3, -0.25) is 9.41 Å². The minimum atomic E-state index is -0.763. The van der Waals surface area contributed by atoms with Crippen molar-refractivity contribution < 1.29 is 32.6 Å². The van der Waals surface area contributed by atoms with Crippen LogP contribution in [0.1, 0.15) is 36.1 Å². The van der Waals surface area contributed by atoms with Crippen molar-refractivity contribution in [2.75, 3.05) is 0 Å². The number of benzene rings is 2. The zero-order chi connectivity index (χ0) is 14.5. The SMILES string of the molecule is C[C]1([Zr][C]2(C)C=Cc3ccccc32)C=Cc2ccccc21.F.F. The Hall–Kier alpha value is -1.34. The van der Waals surface area contributed by atoms with Gasteiger partial charge in [-0.15, -0.1) is 0 Å². The van der Waals surface area contributed by atoms with Crippen LogP contribution in [-0.4, -0.2) is 0 Å². The molecule has 2 aromatic rings. The Morgan fingerprint density at radius 3 is 1.48 bits per heavy atom. The zero-order valence-corrected chi connectivity index (χ0v) is 15.7. The molecular formula is C20H20F2Zr. The number of hydrogen-bond donors (Lipinski definition) is 0. The van der Waals surface area contributed by atoms with E-state index in [0.717, 1.165) is 0 Å². The molecule has 0 amide bonds. The number of rotatable bonds is 2. The van der Waals surface area contributed by atoms with E-state index >= 15 is 0 Å². The van der Waals surface area contributed by atoms with Crippen LogP contribution in [0.15, 0.2) is 60.7 Å². The molecule has 118 valence electrons. The first-order valence-electron chi connectivity index (χ1n) is 7.48. The first kappa shape index (κ1) is 18.0.